The molecule has 2 N–H and O–H groups in total. The third-order valence-electron chi connectivity index (χ3n) is 4.01. The number of rotatable bonds is 4. The number of hydrogen-bond donors (Lipinski definition) is 1. The van der Waals surface area contributed by atoms with Crippen LogP contribution in [-0.2, 0) is 12.8 Å². The van der Waals surface area contributed by atoms with Crippen molar-refractivity contribution in [2.45, 2.75) is 39.7 Å². The summed E-state index contributed by atoms with van der Waals surface area (Å²) in [5.41, 5.74) is 8.68. The molecule has 1 aliphatic heterocycles. The van der Waals surface area contributed by atoms with Gasteiger partial charge in [-0.1, -0.05) is 32.4 Å². The maximum Gasteiger partial charge on any atom is 0.125 e. The molecule has 0 saturated carbocycles. The van der Waals surface area contributed by atoms with Gasteiger partial charge in [-0.3, -0.25) is 0 Å². The lowest BCUT2D eigenvalue weighted by Crippen LogP contribution is -2.33. The standard InChI is InChI=1S/C15H22ClNO/c1-9(2)10(3)14(17)8-12-7-13(16)6-11-4-5-18-15(11)12/h6-7,9-10,14H,4-5,8,17H2,1-3H3. The molecule has 2 nitrogen and oxygen atoms in total. The minimum Gasteiger partial charge on any atom is -0.493 e. The van der Waals surface area contributed by atoms with Crippen LogP contribution in [-0.4, -0.2) is 12.6 Å². The molecule has 0 saturated heterocycles. The van der Waals surface area contributed by atoms with Gasteiger partial charge in [0.15, 0.2) is 0 Å². The van der Waals surface area contributed by atoms with E-state index in [2.05, 4.69) is 20.8 Å². The number of benzene rings is 1. The van der Waals surface area contributed by atoms with Crippen LogP contribution in [0.25, 0.3) is 0 Å². The van der Waals surface area contributed by atoms with Gasteiger partial charge < -0.3 is 10.5 Å². The van der Waals surface area contributed by atoms with E-state index in [9.17, 15) is 0 Å². The molecule has 0 fully saturated rings. The fraction of sp³-hybridized carbons (Fsp3) is 0.600. The van der Waals surface area contributed by atoms with Crippen LogP contribution >= 0.6 is 11.6 Å². The number of hydrogen-bond acceptors (Lipinski definition) is 2. The first-order valence-corrected chi connectivity index (χ1v) is 7.06. The Hall–Kier alpha value is -0.730. The molecule has 1 aromatic carbocycles. The SMILES string of the molecule is CC(C)C(C)C(N)Cc1cc(Cl)cc2c1OCC2. The quantitative estimate of drug-likeness (QED) is 0.907. The lowest BCUT2D eigenvalue weighted by Gasteiger charge is -2.24. The van der Waals surface area contributed by atoms with Gasteiger partial charge in [-0.15, -0.1) is 0 Å². The minimum absolute atomic E-state index is 0.150. The summed E-state index contributed by atoms with van der Waals surface area (Å²) in [6.45, 7) is 7.39. The topological polar surface area (TPSA) is 35.2 Å². The van der Waals surface area contributed by atoms with Crippen molar-refractivity contribution >= 4 is 11.6 Å². The molecule has 0 bridgehead atoms. The normalized spacial score (nSPS) is 17.4. The van der Waals surface area contributed by atoms with Gasteiger partial charge in [0.1, 0.15) is 5.75 Å². The summed E-state index contributed by atoms with van der Waals surface area (Å²) in [6, 6.07) is 4.15. The first-order chi connectivity index (χ1) is 8.49. The van der Waals surface area contributed by atoms with Gasteiger partial charge >= 0.3 is 0 Å². The van der Waals surface area contributed by atoms with Crippen molar-refractivity contribution in [3.05, 3.63) is 28.3 Å². The third kappa shape index (κ3) is 2.81. The molecule has 3 heteroatoms. The Balaban J connectivity index is 2.19. The molecule has 0 spiro atoms. The highest BCUT2D eigenvalue weighted by atomic mass is 35.5. The fourth-order valence-electron chi connectivity index (χ4n) is 2.43. The summed E-state index contributed by atoms with van der Waals surface area (Å²) >= 11 is 6.16. The Morgan fingerprint density at radius 3 is 2.72 bits per heavy atom. The maximum atomic E-state index is 6.30. The van der Waals surface area contributed by atoms with Gasteiger partial charge in [-0.2, -0.15) is 0 Å². The second kappa shape index (κ2) is 5.50. The van der Waals surface area contributed by atoms with E-state index in [4.69, 9.17) is 22.1 Å². The third-order valence-corrected chi connectivity index (χ3v) is 4.23. The van der Waals surface area contributed by atoms with Crippen LogP contribution in [0, 0.1) is 11.8 Å². The summed E-state index contributed by atoms with van der Waals surface area (Å²) in [4.78, 5) is 0. The average molecular weight is 268 g/mol. The van der Waals surface area contributed by atoms with E-state index < -0.39 is 0 Å². The highest BCUT2D eigenvalue weighted by Gasteiger charge is 2.22. The zero-order valence-electron chi connectivity index (χ0n) is 11.4. The Labute approximate surface area is 114 Å². The van der Waals surface area contributed by atoms with E-state index in [0.29, 0.717) is 11.8 Å². The van der Waals surface area contributed by atoms with Crippen LogP contribution in [0.1, 0.15) is 31.9 Å². The summed E-state index contributed by atoms with van der Waals surface area (Å²) in [5.74, 6) is 2.10. The first-order valence-electron chi connectivity index (χ1n) is 6.68. The summed E-state index contributed by atoms with van der Waals surface area (Å²) in [7, 11) is 0. The first kappa shape index (κ1) is 13.7. The monoisotopic (exact) mass is 267 g/mol. The van der Waals surface area contributed by atoms with Crippen molar-refractivity contribution in [2.24, 2.45) is 17.6 Å². The maximum absolute atomic E-state index is 6.30. The van der Waals surface area contributed by atoms with E-state index in [1.165, 1.54) is 5.56 Å². The minimum atomic E-state index is 0.150. The van der Waals surface area contributed by atoms with Crippen molar-refractivity contribution < 1.29 is 4.74 Å². The molecule has 0 radical (unpaired) electrons. The van der Waals surface area contributed by atoms with Gasteiger partial charge in [0.25, 0.3) is 0 Å². The molecule has 0 aliphatic carbocycles. The van der Waals surface area contributed by atoms with Crippen molar-refractivity contribution in [1.82, 2.24) is 0 Å². The van der Waals surface area contributed by atoms with Gasteiger partial charge in [0.05, 0.1) is 6.61 Å². The van der Waals surface area contributed by atoms with Crippen LogP contribution in [0.4, 0.5) is 0 Å². The van der Waals surface area contributed by atoms with Crippen LogP contribution in [0.3, 0.4) is 0 Å². The van der Waals surface area contributed by atoms with Crippen molar-refractivity contribution in [2.75, 3.05) is 6.61 Å². The lowest BCUT2D eigenvalue weighted by atomic mass is 9.87. The number of ether oxygens (including phenoxy) is 1. The zero-order valence-corrected chi connectivity index (χ0v) is 12.1. The van der Waals surface area contributed by atoms with Crippen molar-refractivity contribution in [3.8, 4) is 5.75 Å². The van der Waals surface area contributed by atoms with E-state index in [1.54, 1.807) is 0 Å². The van der Waals surface area contributed by atoms with E-state index in [0.717, 1.165) is 35.8 Å². The highest BCUT2D eigenvalue weighted by molar-refractivity contribution is 6.30. The van der Waals surface area contributed by atoms with Gasteiger partial charge in [0, 0.05) is 17.5 Å². The molecule has 0 aromatic heterocycles. The largest absolute Gasteiger partial charge is 0.493 e. The Morgan fingerprint density at radius 1 is 1.33 bits per heavy atom. The summed E-state index contributed by atoms with van der Waals surface area (Å²) < 4.78 is 5.71. The molecular weight excluding hydrogens is 246 g/mol. The second-order valence-corrected chi connectivity index (χ2v) is 6.06. The molecule has 1 aliphatic rings. The number of fused-ring (bicyclic) bond motifs is 1. The Bertz CT molecular complexity index is 431. The Morgan fingerprint density at radius 2 is 2.06 bits per heavy atom. The van der Waals surface area contributed by atoms with Crippen LogP contribution in [0.15, 0.2) is 12.1 Å². The lowest BCUT2D eigenvalue weighted by molar-refractivity contribution is 0.332. The molecule has 1 heterocycles. The predicted molar refractivity (Wildman–Crippen MR) is 76.3 cm³/mol. The van der Waals surface area contributed by atoms with Crippen molar-refractivity contribution in [3.63, 3.8) is 0 Å². The molecule has 2 atom stereocenters. The molecule has 2 unspecified atom stereocenters. The number of nitrogens with two attached hydrogens (primary N) is 1. The van der Waals surface area contributed by atoms with E-state index in [-0.39, 0.29) is 6.04 Å². The molecule has 18 heavy (non-hydrogen) atoms. The molecule has 100 valence electrons. The van der Waals surface area contributed by atoms with Crippen LogP contribution in [0.2, 0.25) is 5.02 Å². The van der Waals surface area contributed by atoms with Gasteiger partial charge in [-0.25, -0.2) is 0 Å². The van der Waals surface area contributed by atoms with E-state index >= 15 is 0 Å². The average Bonchev–Trinajstić information content (AvgIpc) is 2.75. The van der Waals surface area contributed by atoms with Gasteiger partial charge in [-0.05, 0) is 41.5 Å². The second-order valence-electron chi connectivity index (χ2n) is 5.62. The molecule has 1 aromatic rings. The molecule has 0 amide bonds. The Kier molecular flexibility index (Phi) is 4.18. The van der Waals surface area contributed by atoms with Crippen LogP contribution < -0.4 is 10.5 Å². The van der Waals surface area contributed by atoms with E-state index in [1.807, 2.05) is 12.1 Å². The predicted octanol–water partition coefficient (Wildman–Crippen LogP) is 3.44. The van der Waals surface area contributed by atoms with Crippen LogP contribution in [0.5, 0.6) is 5.75 Å². The molecular formula is C15H22ClNO. The molecule has 2 rings (SSSR count). The summed E-state index contributed by atoms with van der Waals surface area (Å²) in [6.07, 6.45) is 1.79. The van der Waals surface area contributed by atoms with Crippen molar-refractivity contribution in [1.29, 1.82) is 0 Å². The number of halogens is 1. The van der Waals surface area contributed by atoms with Gasteiger partial charge in [0.2, 0.25) is 0 Å². The highest BCUT2D eigenvalue weighted by Crippen LogP contribution is 2.34. The zero-order chi connectivity index (χ0) is 13.3. The smallest absolute Gasteiger partial charge is 0.125 e. The fourth-order valence-corrected chi connectivity index (χ4v) is 2.70. The summed E-state index contributed by atoms with van der Waals surface area (Å²) in [5, 5.41) is 0.790.